The lowest BCUT2D eigenvalue weighted by atomic mass is 10.0. The summed E-state index contributed by atoms with van der Waals surface area (Å²) in [5.41, 5.74) is 2.87. The second-order valence-corrected chi connectivity index (χ2v) is 23.2. The van der Waals surface area contributed by atoms with Gasteiger partial charge in [0.05, 0.1) is 37.5 Å². The smallest absolute Gasteiger partial charge is 0.326 e. The molecule has 83 heavy (non-hydrogen) atoms. The van der Waals surface area contributed by atoms with E-state index in [9.17, 15) is 73.5 Å². The fourth-order valence-electron chi connectivity index (χ4n) is 9.46. The number of carboxylic acid groups (broad SMARTS) is 5. The van der Waals surface area contributed by atoms with Gasteiger partial charge < -0.3 is 52.2 Å². The van der Waals surface area contributed by atoms with Crippen molar-refractivity contribution >= 4 is 112 Å². The van der Waals surface area contributed by atoms with Gasteiger partial charge >= 0.3 is 29.8 Å². The number of thiocarbonyl (C=S) groups is 1. The number of unbranched alkanes of at least 4 members (excludes halogenated alkanes) is 1. The summed E-state index contributed by atoms with van der Waals surface area (Å²) in [6, 6.07) is 11.1. The fourth-order valence-corrected chi connectivity index (χ4v) is 11.2. The van der Waals surface area contributed by atoms with Crippen LogP contribution in [0.5, 0.6) is 0 Å². The van der Waals surface area contributed by atoms with Gasteiger partial charge in [0.2, 0.25) is 17.7 Å². The molecule has 4 atom stereocenters. The molecule has 28 heteroatoms. The van der Waals surface area contributed by atoms with Gasteiger partial charge in [0.1, 0.15) is 6.04 Å². The summed E-state index contributed by atoms with van der Waals surface area (Å²) in [5.74, 6) is -6.66. The molecule has 2 fully saturated rings. The predicted octanol–water partition coefficient (Wildman–Crippen LogP) is 2.27. The van der Waals surface area contributed by atoms with Gasteiger partial charge in [-0.25, -0.2) is 4.79 Å². The molecule has 25 nitrogen and oxygen atoms in total. The van der Waals surface area contributed by atoms with Crippen LogP contribution in [0.15, 0.2) is 48.5 Å². The number of benzene rings is 2. The summed E-state index contributed by atoms with van der Waals surface area (Å²) < 4.78 is 0. The van der Waals surface area contributed by atoms with Crippen LogP contribution in [0, 0.1) is 5.41 Å². The van der Waals surface area contributed by atoms with Crippen LogP contribution in [0.1, 0.15) is 86.2 Å². The molecule has 0 saturated carbocycles. The van der Waals surface area contributed by atoms with Crippen molar-refractivity contribution in [3.8, 4) is 0 Å². The topological polar surface area (TPSA) is 360 Å². The molecule has 456 valence electrons. The number of hydrogen-bond donors (Lipinski definition) is 10. The zero-order valence-corrected chi connectivity index (χ0v) is 49.3. The summed E-state index contributed by atoms with van der Waals surface area (Å²) in [6.07, 6.45) is 3.96. The number of aliphatic carboxylic acids is 5. The van der Waals surface area contributed by atoms with E-state index >= 15 is 0 Å². The standard InChI is InChI=1S/C55H78N10O15S3/c1-36(56)7-6-25-83-45-29-47(68)65(53(45)78)18-4-3-10-43(54(79)80)59-46(67)16-15-44(66)42(17-26-82-2)60-52(77)39-9-5-8-38(27-39)30-57-55(81)58-40-13-11-37(12-14-40)28-41-31-63(34-50(73)74)22-21-61(32-48(69)70)19-20-62(33-49(71)72)23-24-64(41)35-51(75)76/h5,8-9,11-14,27,41-43,45,56H,3-4,6-7,10,15-26,28-35H2,1-2H3,(H,59,67)(H,60,77)(H,69,70)(H,71,72)(H,73,74)(H,75,76)(H,79,80)(H2,57,58,81)/t41?,42-,43-,45?/m0/s1. The summed E-state index contributed by atoms with van der Waals surface area (Å²) in [4.78, 5) is 133. The Labute approximate surface area is 496 Å². The third-order valence-electron chi connectivity index (χ3n) is 13.8. The summed E-state index contributed by atoms with van der Waals surface area (Å²) in [7, 11) is 0. The summed E-state index contributed by atoms with van der Waals surface area (Å²) in [6.45, 7) is 1.71. The highest BCUT2D eigenvalue weighted by molar-refractivity contribution is 8.00. The molecule has 4 amide bonds. The molecular weight excluding hydrogens is 1140 g/mol. The first-order valence-corrected chi connectivity index (χ1v) is 30.2. The summed E-state index contributed by atoms with van der Waals surface area (Å²) in [5, 5.41) is 67.5. The molecule has 0 bridgehead atoms. The number of anilines is 1. The Balaban J connectivity index is 1.30. The number of nitrogens with one attached hydrogen (secondary N) is 5. The first-order valence-electron chi connectivity index (χ1n) is 27.4. The highest BCUT2D eigenvalue weighted by Crippen LogP contribution is 2.27. The van der Waals surface area contributed by atoms with Crippen LogP contribution >= 0.6 is 35.7 Å². The number of carbonyl (C=O) groups excluding carboxylic acids is 5. The third kappa shape index (κ3) is 26.3. The number of amides is 4. The number of likely N-dealkylation sites (tertiary alicyclic amines) is 1. The minimum Gasteiger partial charge on any atom is -0.480 e. The van der Waals surface area contributed by atoms with Crippen LogP contribution in [-0.4, -0.2) is 240 Å². The van der Waals surface area contributed by atoms with E-state index in [1.54, 1.807) is 62.9 Å². The maximum absolute atomic E-state index is 13.6. The van der Waals surface area contributed by atoms with Crippen molar-refractivity contribution in [1.29, 1.82) is 5.41 Å². The van der Waals surface area contributed by atoms with Crippen molar-refractivity contribution in [3.05, 3.63) is 65.2 Å². The number of imide groups is 1. The minimum atomic E-state index is -1.27. The van der Waals surface area contributed by atoms with Crippen LogP contribution in [0.3, 0.4) is 0 Å². The molecule has 2 aromatic rings. The van der Waals surface area contributed by atoms with Crippen molar-refractivity contribution in [3.63, 3.8) is 0 Å². The molecule has 2 saturated heterocycles. The lowest BCUT2D eigenvalue weighted by Crippen LogP contribution is -2.53. The maximum atomic E-state index is 13.6. The molecule has 2 heterocycles. The van der Waals surface area contributed by atoms with Gasteiger partial charge in [-0.1, -0.05) is 24.3 Å². The third-order valence-corrected chi connectivity index (χ3v) is 16.0. The van der Waals surface area contributed by atoms with Crippen LogP contribution in [0.4, 0.5) is 5.69 Å². The van der Waals surface area contributed by atoms with Crippen LogP contribution < -0.4 is 21.3 Å². The van der Waals surface area contributed by atoms with Crippen LogP contribution in [0.25, 0.3) is 0 Å². The van der Waals surface area contributed by atoms with E-state index < -0.39 is 77.4 Å². The Morgan fingerprint density at radius 2 is 1.34 bits per heavy atom. The molecule has 0 spiro atoms. The van der Waals surface area contributed by atoms with Gasteiger partial charge in [0.25, 0.3) is 5.91 Å². The Hall–Kier alpha value is -6.56. The Kier molecular flexibility index (Phi) is 30.1. The maximum Gasteiger partial charge on any atom is 0.326 e. The number of carbonyl (C=O) groups is 10. The molecule has 2 aliphatic rings. The highest BCUT2D eigenvalue weighted by atomic mass is 32.2. The Bertz CT molecular complexity index is 2600. The van der Waals surface area contributed by atoms with E-state index in [0.29, 0.717) is 47.7 Å². The van der Waals surface area contributed by atoms with Gasteiger partial charge in [-0.05, 0) is 117 Å². The molecule has 2 aromatic carbocycles. The second kappa shape index (κ2) is 36.2. The number of Topliss-reactive ketones (excluding diaryl/α,β-unsaturated/α-hetero) is 1. The number of thioether (sulfide) groups is 2. The van der Waals surface area contributed by atoms with E-state index in [2.05, 4.69) is 21.3 Å². The van der Waals surface area contributed by atoms with E-state index in [0.717, 1.165) is 12.0 Å². The lowest BCUT2D eigenvalue weighted by molar-refractivity contribution is -0.142. The molecule has 0 aromatic heterocycles. The van der Waals surface area contributed by atoms with Crippen LogP contribution in [-0.2, 0) is 56.1 Å². The average molecular weight is 1220 g/mol. The van der Waals surface area contributed by atoms with Crippen molar-refractivity contribution in [1.82, 2.24) is 40.4 Å². The van der Waals surface area contributed by atoms with E-state index in [1.807, 2.05) is 18.4 Å². The first kappa shape index (κ1) is 68.9. The monoisotopic (exact) mass is 1210 g/mol. The second-order valence-electron chi connectivity index (χ2n) is 20.5. The van der Waals surface area contributed by atoms with Gasteiger partial charge in [-0.3, -0.25) is 67.7 Å². The zero-order chi connectivity index (χ0) is 61.0. The largest absolute Gasteiger partial charge is 0.480 e. The quantitative estimate of drug-likeness (QED) is 0.0208. The van der Waals surface area contributed by atoms with E-state index in [1.165, 1.54) is 28.4 Å². The van der Waals surface area contributed by atoms with Crippen molar-refractivity contribution in [2.24, 2.45) is 0 Å². The molecule has 2 unspecified atom stereocenters. The predicted molar refractivity (Wildman–Crippen MR) is 317 cm³/mol. The normalized spacial score (nSPS) is 17.5. The molecule has 10 N–H and O–H groups in total. The van der Waals surface area contributed by atoms with E-state index in [4.69, 9.17) is 17.6 Å². The van der Waals surface area contributed by atoms with Crippen LogP contribution in [0.2, 0.25) is 0 Å². The van der Waals surface area contributed by atoms with Crippen molar-refractivity contribution < 1.29 is 73.5 Å². The van der Waals surface area contributed by atoms with Crippen molar-refractivity contribution in [2.45, 2.75) is 101 Å². The molecule has 0 aliphatic carbocycles. The minimum absolute atomic E-state index is 0.0353. The van der Waals surface area contributed by atoms with Gasteiger partial charge in [-0.2, -0.15) is 11.8 Å². The number of ketones is 1. The molecular formula is C55H78N10O15S3. The number of hydrogen-bond acceptors (Lipinski definition) is 18. The lowest BCUT2D eigenvalue weighted by Gasteiger charge is -2.37. The number of carboxylic acids is 5. The zero-order valence-electron chi connectivity index (χ0n) is 46.9. The van der Waals surface area contributed by atoms with E-state index in [-0.39, 0.29) is 140 Å². The molecule has 2 aliphatic heterocycles. The Morgan fingerprint density at radius 3 is 1.95 bits per heavy atom. The molecule has 0 radical (unpaired) electrons. The Morgan fingerprint density at radius 1 is 0.711 bits per heavy atom. The van der Waals surface area contributed by atoms with Gasteiger partial charge in [0, 0.05) is 101 Å². The fraction of sp³-hybridized carbons (Fsp3) is 0.564. The molecule has 4 rings (SSSR count). The number of rotatable bonds is 34. The highest BCUT2D eigenvalue weighted by Gasteiger charge is 2.38. The van der Waals surface area contributed by atoms with Gasteiger partial charge in [-0.15, -0.1) is 11.8 Å². The number of nitrogens with zero attached hydrogens (tertiary/aromatic N) is 5. The SMILES string of the molecule is CSCC[C@H](NC(=O)c1cccc(CNC(=S)Nc2ccc(CC3CN(CC(=O)O)CCN(CC(=O)O)CCN(CC(=O)O)CCN3CC(=O)O)cc2)c1)C(=O)CCC(=O)N[C@@H](CCCCN1C(=O)CC(SCCCC(C)=N)C1=O)C(=O)O. The first-order chi connectivity index (χ1) is 39.5. The van der Waals surface area contributed by atoms with Gasteiger partial charge in [0.15, 0.2) is 10.9 Å². The van der Waals surface area contributed by atoms with Crippen molar-refractivity contribution in [2.75, 3.05) is 102 Å². The summed E-state index contributed by atoms with van der Waals surface area (Å²) >= 11 is 8.45. The average Bonchev–Trinajstić information content (AvgIpc) is 3.75.